The molecule has 0 radical (unpaired) electrons. The fourth-order valence-corrected chi connectivity index (χ4v) is 4.34. The molecule has 2 rings (SSSR count). The number of hydrogen-bond donors (Lipinski definition) is 1. The molecule has 0 spiro atoms. The minimum Gasteiger partial charge on any atom is -0.490 e. The van der Waals surface area contributed by atoms with Gasteiger partial charge in [0.1, 0.15) is 11.4 Å². The van der Waals surface area contributed by atoms with Gasteiger partial charge in [-0.15, -0.1) is 0 Å². The van der Waals surface area contributed by atoms with Crippen LogP contribution in [0.5, 0.6) is 5.75 Å². The zero-order valence-electron chi connectivity index (χ0n) is 18.6. The Morgan fingerprint density at radius 3 is 2.25 bits per heavy atom. The van der Waals surface area contributed by atoms with Crippen molar-refractivity contribution in [1.29, 1.82) is 0 Å². The molecule has 28 heavy (non-hydrogen) atoms. The molecule has 0 aromatic heterocycles. The fraction of sp³-hybridized carbons (Fsp3) is 0.708. The first kappa shape index (κ1) is 22.7. The van der Waals surface area contributed by atoms with E-state index in [2.05, 4.69) is 33.0 Å². The summed E-state index contributed by atoms with van der Waals surface area (Å²) in [5.41, 5.74) is 1.07. The van der Waals surface area contributed by atoms with Gasteiger partial charge in [0.2, 0.25) is 0 Å². The summed E-state index contributed by atoms with van der Waals surface area (Å²) in [5.74, 6) is 1.63. The molecule has 0 saturated heterocycles. The molecular formula is C24H39NO3. The Labute approximate surface area is 171 Å². The van der Waals surface area contributed by atoms with Crippen LogP contribution in [0.2, 0.25) is 0 Å². The van der Waals surface area contributed by atoms with Gasteiger partial charge in [0, 0.05) is 12.3 Å². The van der Waals surface area contributed by atoms with E-state index in [1.54, 1.807) is 0 Å². The summed E-state index contributed by atoms with van der Waals surface area (Å²) < 4.78 is 12.2. The van der Waals surface area contributed by atoms with Crippen molar-refractivity contribution in [3.8, 4) is 5.75 Å². The second kappa shape index (κ2) is 10.3. The normalized spacial score (nSPS) is 15.4. The van der Waals surface area contributed by atoms with Crippen molar-refractivity contribution in [3.05, 3.63) is 23.8 Å². The van der Waals surface area contributed by atoms with Crippen molar-refractivity contribution in [2.45, 2.75) is 91.8 Å². The average Bonchev–Trinajstić information content (AvgIpc) is 3.09. The summed E-state index contributed by atoms with van der Waals surface area (Å²) in [6, 6.07) is 5.93. The number of hydrogen-bond acceptors (Lipinski definition) is 3. The monoisotopic (exact) mass is 389 g/mol. The maximum Gasteiger partial charge on any atom is 0.256 e. The zero-order chi connectivity index (χ0) is 20.7. The van der Waals surface area contributed by atoms with Gasteiger partial charge in [-0.2, -0.15) is 0 Å². The molecule has 4 nitrogen and oxygen atoms in total. The average molecular weight is 390 g/mol. The largest absolute Gasteiger partial charge is 0.490 e. The molecule has 0 atom stereocenters. The third kappa shape index (κ3) is 6.23. The number of benzene rings is 1. The highest BCUT2D eigenvalue weighted by molar-refractivity contribution is 5.97. The van der Waals surface area contributed by atoms with E-state index < -0.39 is 5.60 Å². The maximum atomic E-state index is 13.3. The molecule has 1 amide bonds. The van der Waals surface area contributed by atoms with Crippen LogP contribution in [0.1, 0.15) is 78.7 Å². The Morgan fingerprint density at radius 1 is 1.14 bits per heavy atom. The van der Waals surface area contributed by atoms with Gasteiger partial charge in [-0.05, 0) is 88.0 Å². The van der Waals surface area contributed by atoms with Gasteiger partial charge in [0.25, 0.3) is 5.91 Å². The first-order valence-corrected chi connectivity index (χ1v) is 11.0. The summed E-state index contributed by atoms with van der Waals surface area (Å²) in [4.78, 5) is 13.3. The minimum absolute atomic E-state index is 0.0411. The Balaban J connectivity index is 2.15. The predicted octanol–water partition coefficient (Wildman–Crippen LogP) is 6.12. The van der Waals surface area contributed by atoms with Crippen LogP contribution in [0, 0.1) is 18.8 Å². The second-order valence-corrected chi connectivity index (χ2v) is 9.08. The van der Waals surface area contributed by atoms with Gasteiger partial charge in [-0.25, -0.2) is 0 Å². The highest BCUT2D eigenvalue weighted by atomic mass is 16.5. The molecule has 0 aliphatic heterocycles. The molecule has 1 fully saturated rings. The molecule has 1 aliphatic rings. The van der Waals surface area contributed by atoms with Crippen LogP contribution >= 0.6 is 0 Å². The van der Waals surface area contributed by atoms with Crippen molar-refractivity contribution in [3.63, 3.8) is 0 Å². The maximum absolute atomic E-state index is 13.3. The number of amides is 1. The lowest BCUT2D eigenvalue weighted by atomic mass is 9.83. The van der Waals surface area contributed by atoms with E-state index in [0.717, 1.165) is 29.8 Å². The van der Waals surface area contributed by atoms with Gasteiger partial charge in [-0.3, -0.25) is 4.79 Å². The molecule has 0 heterocycles. The molecule has 1 saturated carbocycles. The summed E-state index contributed by atoms with van der Waals surface area (Å²) >= 11 is 0. The van der Waals surface area contributed by atoms with Crippen molar-refractivity contribution in [2.24, 2.45) is 11.8 Å². The number of aryl methyl sites for hydroxylation is 1. The van der Waals surface area contributed by atoms with Crippen LogP contribution in [-0.4, -0.2) is 24.2 Å². The third-order valence-electron chi connectivity index (χ3n) is 5.34. The number of carbonyl (C=O) groups excluding carboxylic acids is 1. The van der Waals surface area contributed by atoms with Gasteiger partial charge in [-0.1, -0.05) is 27.7 Å². The van der Waals surface area contributed by atoms with Crippen molar-refractivity contribution < 1.29 is 14.3 Å². The number of anilines is 1. The summed E-state index contributed by atoms with van der Waals surface area (Å²) in [6.45, 7) is 13.1. The quantitative estimate of drug-likeness (QED) is 0.524. The standard InChI is InChI=1S/C24H39NO3/c1-7-27-24(15-17(2)3,16-18(4)5)23(26)25-20-12-13-22(19(6)14-20)28-21-10-8-9-11-21/h12-14,17-18,21H,7-11,15-16H2,1-6H3,(H,25,26). The Hall–Kier alpha value is -1.55. The predicted molar refractivity (Wildman–Crippen MR) is 116 cm³/mol. The molecule has 158 valence electrons. The molecule has 1 aromatic carbocycles. The van der Waals surface area contributed by atoms with Crippen LogP contribution in [0.3, 0.4) is 0 Å². The van der Waals surface area contributed by atoms with E-state index in [0.29, 0.717) is 37.4 Å². The molecular weight excluding hydrogens is 350 g/mol. The van der Waals surface area contributed by atoms with Crippen LogP contribution in [0.15, 0.2) is 18.2 Å². The zero-order valence-corrected chi connectivity index (χ0v) is 18.6. The lowest BCUT2D eigenvalue weighted by Crippen LogP contribution is -2.47. The van der Waals surface area contributed by atoms with E-state index in [1.165, 1.54) is 12.8 Å². The number of ether oxygens (including phenoxy) is 2. The lowest BCUT2D eigenvalue weighted by molar-refractivity contribution is -0.146. The molecule has 4 heteroatoms. The second-order valence-electron chi connectivity index (χ2n) is 9.08. The number of rotatable bonds is 10. The molecule has 1 aromatic rings. The lowest BCUT2D eigenvalue weighted by Gasteiger charge is -2.35. The van der Waals surface area contributed by atoms with Gasteiger partial charge in [0.15, 0.2) is 0 Å². The van der Waals surface area contributed by atoms with Crippen LogP contribution < -0.4 is 10.1 Å². The SMILES string of the molecule is CCOC(CC(C)C)(CC(C)C)C(=O)Nc1ccc(OC2CCCC2)c(C)c1. The third-order valence-corrected chi connectivity index (χ3v) is 5.34. The van der Waals surface area contributed by atoms with E-state index in [4.69, 9.17) is 9.47 Å². The van der Waals surface area contributed by atoms with Crippen molar-refractivity contribution in [1.82, 2.24) is 0 Å². The number of carbonyl (C=O) groups is 1. The topological polar surface area (TPSA) is 47.6 Å². The molecule has 1 N–H and O–H groups in total. The van der Waals surface area contributed by atoms with Gasteiger partial charge in [0.05, 0.1) is 6.10 Å². The first-order valence-electron chi connectivity index (χ1n) is 11.0. The molecule has 1 aliphatic carbocycles. The van der Waals surface area contributed by atoms with Crippen molar-refractivity contribution in [2.75, 3.05) is 11.9 Å². The molecule has 0 bridgehead atoms. The van der Waals surface area contributed by atoms with Crippen molar-refractivity contribution >= 4 is 11.6 Å². The summed E-state index contributed by atoms with van der Waals surface area (Å²) in [6.07, 6.45) is 6.55. The Kier molecular flexibility index (Phi) is 8.36. The molecule has 0 unspecified atom stereocenters. The fourth-order valence-electron chi connectivity index (χ4n) is 4.34. The summed E-state index contributed by atoms with van der Waals surface area (Å²) in [7, 11) is 0. The van der Waals surface area contributed by atoms with Crippen LogP contribution in [0.25, 0.3) is 0 Å². The smallest absolute Gasteiger partial charge is 0.256 e. The number of nitrogens with one attached hydrogen (secondary N) is 1. The minimum atomic E-state index is -0.788. The Bertz CT molecular complexity index is 623. The van der Waals surface area contributed by atoms with Gasteiger partial charge < -0.3 is 14.8 Å². The Morgan fingerprint density at radius 2 is 1.75 bits per heavy atom. The van der Waals surface area contributed by atoms with Crippen LogP contribution in [0.4, 0.5) is 5.69 Å². The first-order chi connectivity index (χ1) is 13.3. The van der Waals surface area contributed by atoms with E-state index in [9.17, 15) is 4.79 Å². The van der Waals surface area contributed by atoms with E-state index in [1.807, 2.05) is 32.0 Å². The van der Waals surface area contributed by atoms with Crippen LogP contribution in [-0.2, 0) is 9.53 Å². The highest BCUT2D eigenvalue weighted by Crippen LogP contribution is 2.32. The van der Waals surface area contributed by atoms with E-state index >= 15 is 0 Å². The van der Waals surface area contributed by atoms with Gasteiger partial charge >= 0.3 is 0 Å². The van der Waals surface area contributed by atoms with E-state index in [-0.39, 0.29) is 5.91 Å². The highest BCUT2D eigenvalue weighted by Gasteiger charge is 2.40. The summed E-state index contributed by atoms with van der Waals surface area (Å²) in [5, 5.41) is 3.12.